The summed E-state index contributed by atoms with van der Waals surface area (Å²) in [6, 6.07) is 1.72. The van der Waals surface area contributed by atoms with Crippen LogP contribution in [0.5, 0.6) is 0 Å². The molecule has 0 bridgehead atoms. The summed E-state index contributed by atoms with van der Waals surface area (Å²) in [5.41, 5.74) is 6.21. The largest absolute Gasteiger partial charge is 0.469 e. The van der Waals surface area contributed by atoms with Gasteiger partial charge in [-0.3, -0.25) is 4.79 Å². The molecule has 0 saturated heterocycles. The van der Waals surface area contributed by atoms with Crippen LogP contribution in [0.1, 0.15) is 29.5 Å². The second kappa shape index (κ2) is 4.81. The van der Waals surface area contributed by atoms with Crippen LogP contribution in [0, 0.1) is 6.92 Å². The van der Waals surface area contributed by atoms with E-state index in [-0.39, 0.29) is 11.9 Å². The molecule has 14 heavy (non-hydrogen) atoms. The van der Waals surface area contributed by atoms with Crippen LogP contribution in [0.4, 0.5) is 0 Å². The van der Waals surface area contributed by atoms with Gasteiger partial charge in [-0.1, -0.05) is 6.92 Å². The van der Waals surface area contributed by atoms with Crippen LogP contribution < -0.4 is 11.1 Å². The van der Waals surface area contributed by atoms with Crippen molar-refractivity contribution >= 4 is 5.91 Å². The molecule has 0 saturated carbocycles. The summed E-state index contributed by atoms with van der Waals surface area (Å²) in [7, 11) is 0. The van der Waals surface area contributed by atoms with Crippen molar-refractivity contribution < 1.29 is 9.21 Å². The Morgan fingerprint density at radius 1 is 1.71 bits per heavy atom. The molecule has 1 amide bonds. The summed E-state index contributed by atoms with van der Waals surface area (Å²) in [5.74, 6) is 0.598. The Labute approximate surface area is 83.5 Å². The molecule has 1 heterocycles. The van der Waals surface area contributed by atoms with Crippen molar-refractivity contribution in [1.82, 2.24) is 5.32 Å². The van der Waals surface area contributed by atoms with Crippen LogP contribution in [-0.2, 0) is 0 Å². The fraction of sp³-hybridized carbons (Fsp3) is 0.500. The van der Waals surface area contributed by atoms with Crippen LogP contribution in [0.2, 0.25) is 0 Å². The summed E-state index contributed by atoms with van der Waals surface area (Å²) in [6.07, 6.45) is 2.30. The molecule has 1 unspecified atom stereocenters. The topological polar surface area (TPSA) is 68.3 Å². The van der Waals surface area contributed by atoms with E-state index in [4.69, 9.17) is 10.2 Å². The smallest absolute Gasteiger partial charge is 0.254 e. The highest BCUT2D eigenvalue weighted by molar-refractivity contribution is 5.93. The number of carbonyl (C=O) groups is 1. The maximum atomic E-state index is 11.5. The number of furan rings is 1. The Bertz CT molecular complexity index is 307. The first-order valence-corrected chi connectivity index (χ1v) is 4.72. The molecule has 0 aliphatic carbocycles. The molecule has 1 atom stereocenters. The second-order valence-electron chi connectivity index (χ2n) is 3.32. The minimum atomic E-state index is -0.134. The third kappa shape index (κ3) is 2.88. The zero-order valence-corrected chi connectivity index (χ0v) is 8.54. The number of aryl methyl sites for hydroxylation is 1. The van der Waals surface area contributed by atoms with E-state index in [1.807, 2.05) is 6.92 Å². The molecule has 0 aromatic carbocycles. The Hall–Kier alpha value is -1.29. The Morgan fingerprint density at radius 2 is 2.43 bits per heavy atom. The number of nitrogens with one attached hydrogen (secondary N) is 1. The van der Waals surface area contributed by atoms with Crippen molar-refractivity contribution in [2.75, 3.05) is 6.54 Å². The molecule has 0 aliphatic rings. The lowest BCUT2D eigenvalue weighted by atomic mass is 10.2. The maximum absolute atomic E-state index is 11.5. The van der Waals surface area contributed by atoms with E-state index in [1.54, 1.807) is 13.0 Å². The third-order valence-electron chi connectivity index (χ3n) is 2.04. The van der Waals surface area contributed by atoms with Crippen molar-refractivity contribution in [3.63, 3.8) is 0 Å². The quantitative estimate of drug-likeness (QED) is 0.756. The minimum Gasteiger partial charge on any atom is -0.469 e. The van der Waals surface area contributed by atoms with Crippen molar-refractivity contribution in [2.24, 2.45) is 5.73 Å². The molecule has 0 fully saturated rings. The van der Waals surface area contributed by atoms with Crippen LogP contribution >= 0.6 is 0 Å². The van der Waals surface area contributed by atoms with Crippen molar-refractivity contribution in [2.45, 2.75) is 26.3 Å². The van der Waals surface area contributed by atoms with E-state index in [9.17, 15) is 4.79 Å². The van der Waals surface area contributed by atoms with Crippen molar-refractivity contribution in [1.29, 1.82) is 0 Å². The van der Waals surface area contributed by atoms with E-state index in [0.717, 1.165) is 12.2 Å². The monoisotopic (exact) mass is 196 g/mol. The van der Waals surface area contributed by atoms with E-state index in [0.29, 0.717) is 12.1 Å². The molecular formula is C10H16N2O2. The van der Waals surface area contributed by atoms with Gasteiger partial charge in [0.15, 0.2) is 0 Å². The van der Waals surface area contributed by atoms with Crippen LogP contribution in [0.15, 0.2) is 16.7 Å². The van der Waals surface area contributed by atoms with Gasteiger partial charge in [0.1, 0.15) is 12.0 Å². The SMILES string of the molecule is CCC(N)CNC(=O)c1coc(C)c1. The molecule has 1 aromatic heterocycles. The fourth-order valence-electron chi connectivity index (χ4n) is 1.03. The number of nitrogens with two attached hydrogens (primary N) is 1. The zero-order valence-electron chi connectivity index (χ0n) is 8.54. The van der Waals surface area contributed by atoms with Gasteiger partial charge in [-0.25, -0.2) is 0 Å². The maximum Gasteiger partial charge on any atom is 0.254 e. The average Bonchev–Trinajstić information content (AvgIpc) is 2.60. The zero-order chi connectivity index (χ0) is 10.6. The average molecular weight is 196 g/mol. The molecule has 0 radical (unpaired) electrons. The highest BCUT2D eigenvalue weighted by Crippen LogP contribution is 2.05. The molecule has 1 aromatic rings. The van der Waals surface area contributed by atoms with Gasteiger partial charge in [0.05, 0.1) is 5.56 Å². The molecule has 1 rings (SSSR count). The molecule has 4 heteroatoms. The van der Waals surface area contributed by atoms with E-state index in [1.165, 1.54) is 6.26 Å². The Kier molecular flexibility index (Phi) is 3.71. The van der Waals surface area contributed by atoms with Gasteiger partial charge >= 0.3 is 0 Å². The lowest BCUT2D eigenvalue weighted by Crippen LogP contribution is -2.36. The molecule has 0 spiro atoms. The van der Waals surface area contributed by atoms with E-state index < -0.39 is 0 Å². The molecule has 78 valence electrons. The number of hydrogen-bond donors (Lipinski definition) is 2. The Balaban J connectivity index is 2.43. The Morgan fingerprint density at radius 3 is 2.93 bits per heavy atom. The van der Waals surface area contributed by atoms with Gasteiger partial charge in [0, 0.05) is 12.6 Å². The summed E-state index contributed by atoms with van der Waals surface area (Å²) >= 11 is 0. The summed E-state index contributed by atoms with van der Waals surface area (Å²) in [5, 5.41) is 2.74. The second-order valence-corrected chi connectivity index (χ2v) is 3.32. The standard InChI is InChI=1S/C10H16N2O2/c1-3-9(11)5-12-10(13)8-4-7(2)14-6-8/h4,6,9H,3,5,11H2,1-2H3,(H,12,13). The minimum absolute atomic E-state index is 0.0203. The van der Waals surface area contributed by atoms with Gasteiger partial charge in [-0.05, 0) is 19.4 Å². The summed E-state index contributed by atoms with van der Waals surface area (Å²) in [6.45, 7) is 4.28. The number of rotatable bonds is 4. The first-order chi connectivity index (χ1) is 6.63. The first-order valence-electron chi connectivity index (χ1n) is 4.72. The predicted octanol–water partition coefficient (Wildman–Crippen LogP) is 1.06. The third-order valence-corrected chi connectivity index (χ3v) is 2.04. The summed E-state index contributed by atoms with van der Waals surface area (Å²) in [4.78, 5) is 11.5. The van der Waals surface area contributed by atoms with Gasteiger partial charge < -0.3 is 15.5 Å². The molecule has 0 aliphatic heterocycles. The lowest BCUT2D eigenvalue weighted by molar-refractivity contribution is 0.0950. The van der Waals surface area contributed by atoms with Gasteiger partial charge in [0.2, 0.25) is 0 Å². The summed E-state index contributed by atoms with van der Waals surface area (Å²) < 4.78 is 5.03. The van der Waals surface area contributed by atoms with E-state index >= 15 is 0 Å². The van der Waals surface area contributed by atoms with Crippen molar-refractivity contribution in [3.8, 4) is 0 Å². The number of amides is 1. The van der Waals surface area contributed by atoms with Gasteiger partial charge in [0.25, 0.3) is 5.91 Å². The highest BCUT2D eigenvalue weighted by Gasteiger charge is 2.08. The highest BCUT2D eigenvalue weighted by atomic mass is 16.3. The molecular weight excluding hydrogens is 180 g/mol. The van der Waals surface area contributed by atoms with Gasteiger partial charge in [-0.15, -0.1) is 0 Å². The van der Waals surface area contributed by atoms with Crippen LogP contribution in [0.3, 0.4) is 0 Å². The van der Waals surface area contributed by atoms with Gasteiger partial charge in [-0.2, -0.15) is 0 Å². The fourth-order valence-corrected chi connectivity index (χ4v) is 1.03. The molecule has 4 nitrogen and oxygen atoms in total. The first kappa shape index (κ1) is 10.8. The number of hydrogen-bond acceptors (Lipinski definition) is 3. The predicted molar refractivity (Wildman–Crippen MR) is 54.0 cm³/mol. The van der Waals surface area contributed by atoms with Crippen LogP contribution in [0.25, 0.3) is 0 Å². The van der Waals surface area contributed by atoms with E-state index in [2.05, 4.69) is 5.32 Å². The number of carbonyl (C=O) groups excluding carboxylic acids is 1. The lowest BCUT2D eigenvalue weighted by Gasteiger charge is -2.08. The van der Waals surface area contributed by atoms with Crippen LogP contribution in [-0.4, -0.2) is 18.5 Å². The van der Waals surface area contributed by atoms with Crippen molar-refractivity contribution in [3.05, 3.63) is 23.7 Å². The normalized spacial score (nSPS) is 12.5. The molecule has 3 N–H and O–H groups in total.